The van der Waals surface area contributed by atoms with Crippen molar-refractivity contribution in [2.45, 2.75) is 20.8 Å². The number of halogens is 1. The zero-order valence-electron chi connectivity index (χ0n) is 11.3. The molecule has 0 aliphatic carbocycles. The second kappa shape index (κ2) is 5.57. The molecule has 19 heavy (non-hydrogen) atoms. The van der Waals surface area contributed by atoms with Gasteiger partial charge in [-0.1, -0.05) is 34.1 Å². The van der Waals surface area contributed by atoms with Gasteiger partial charge < -0.3 is 5.32 Å². The molecule has 0 fully saturated rings. The Morgan fingerprint density at radius 2 is 1.79 bits per heavy atom. The topological polar surface area (TPSA) is 29.1 Å². The summed E-state index contributed by atoms with van der Waals surface area (Å²) in [4.78, 5) is 12.3. The van der Waals surface area contributed by atoms with Crippen LogP contribution in [0.2, 0.25) is 0 Å². The van der Waals surface area contributed by atoms with Gasteiger partial charge in [0.15, 0.2) is 0 Å². The highest BCUT2D eigenvalue weighted by molar-refractivity contribution is 9.10. The third-order valence-corrected chi connectivity index (χ3v) is 3.79. The first kappa shape index (κ1) is 13.8. The van der Waals surface area contributed by atoms with Crippen molar-refractivity contribution in [3.05, 3.63) is 63.1 Å². The maximum Gasteiger partial charge on any atom is 0.255 e. The Kier molecular flexibility index (Phi) is 4.05. The van der Waals surface area contributed by atoms with Crippen molar-refractivity contribution in [2.24, 2.45) is 0 Å². The lowest BCUT2D eigenvalue weighted by Crippen LogP contribution is -2.14. The summed E-state index contributed by atoms with van der Waals surface area (Å²) in [5.41, 5.74) is 4.74. The van der Waals surface area contributed by atoms with Crippen LogP contribution >= 0.6 is 15.9 Å². The van der Waals surface area contributed by atoms with Gasteiger partial charge in [0, 0.05) is 15.7 Å². The maximum absolute atomic E-state index is 12.3. The Bertz CT molecular complexity index is 635. The van der Waals surface area contributed by atoms with E-state index in [9.17, 15) is 4.79 Å². The van der Waals surface area contributed by atoms with E-state index in [1.165, 1.54) is 0 Å². The first-order valence-electron chi connectivity index (χ1n) is 6.13. The van der Waals surface area contributed by atoms with Crippen LogP contribution in [-0.2, 0) is 0 Å². The van der Waals surface area contributed by atoms with E-state index in [0.717, 1.165) is 32.4 Å². The van der Waals surface area contributed by atoms with Crippen LogP contribution in [0.4, 0.5) is 5.69 Å². The van der Waals surface area contributed by atoms with Gasteiger partial charge in [-0.3, -0.25) is 4.79 Å². The van der Waals surface area contributed by atoms with E-state index < -0.39 is 0 Å². The number of hydrogen-bond donors (Lipinski definition) is 1. The van der Waals surface area contributed by atoms with E-state index in [1.807, 2.05) is 57.2 Å². The van der Waals surface area contributed by atoms with Crippen LogP contribution in [0.1, 0.15) is 27.0 Å². The van der Waals surface area contributed by atoms with Crippen LogP contribution in [0.15, 0.2) is 40.9 Å². The zero-order valence-corrected chi connectivity index (χ0v) is 12.8. The van der Waals surface area contributed by atoms with Crippen LogP contribution in [0, 0.1) is 20.8 Å². The fourth-order valence-corrected chi connectivity index (χ4v) is 2.28. The van der Waals surface area contributed by atoms with Crippen molar-refractivity contribution >= 4 is 27.5 Å². The van der Waals surface area contributed by atoms with Crippen LogP contribution in [-0.4, -0.2) is 5.91 Å². The molecule has 2 aromatic carbocycles. The molecule has 98 valence electrons. The largest absolute Gasteiger partial charge is 0.322 e. The molecule has 2 nitrogen and oxygen atoms in total. The quantitative estimate of drug-likeness (QED) is 0.859. The minimum Gasteiger partial charge on any atom is -0.322 e. The number of carbonyl (C=O) groups is 1. The summed E-state index contributed by atoms with van der Waals surface area (Å²) < 4.78 is 0.953. The van der Waals surface area contributed by atoms with E-state index in [0.29, 0.717) is 0 Å². The molecule has 2 aromatic rings. The number of hydrogen-bond acceptors (Lipinski definition) is 1. The summed E-state index contributed by atoms with van der Waals surface area (Å²) >= 11 is 3.42. The standard InChI is InChI=1S/C16H16BrNO/c1-10-5-4-6-14(12(10)3)16(19)18-15-9-13(17)8-7-11(15)2/h4-9H,1-3H3,(H,18,19). The molecule has 0 heterocycles. The Hall–Kier alpha value is -1.61. The van der Waals surface area contributed by atoms with Gasteiger partial charge in [0.2, 0.25) is 0 Å². The van der Waals surface area contributed by atoms with Gasteiger partial charge in [0.1, 0.15) is 0 Å². The molecule has 2 rings (SSSR count). The summed E-state index contributed by atoms with van der Waals surface area (Å²) in [6.45, 7) is 5.96. The number of nitrogens with one attached hydrogen (secondary N) is 1. The molecular weight excluding hydrogens is 302 g/mol. The summed E-state index contributed by atoms with van der Waals surface area (Å²) in [6, 6.07) is 11.6. The molecule has 3 heteroatoms. The number of amides is 1. The highest BCUT2D eigenvalue weighted by Crippen LogP contribution is 2.22. The molecule has 0 saturated heterocycles. The number of anilines is 1. The SMILES string of the molecule is Cc1ccc(Br)cc1NC(=O)c1cccc(C)c1C. The second-order valence-corrected chi connectivity index (χ2v) is 5.58. The molecule has 0 unspecified atom stereocenters. The molecule has 0 bridgehead atoms. The van der Waals surface area contributed by atoms with Gasteiger partial charge in [-0.15, -0.1) is 0 Å². The van der Waals surface area contributed by atoms with Crippen molar-refractivity contribution in [3.63, 3.8) is 0 Å². The number of benzene rings is 2. The lowest BCUT2D eigenvalue weighted by molar-refractivity contribution is 0.102. The van der Waals surface area contributed by atoms with E-state index >= 15 is 0 Å². The first-order chi connectivity index (χ1) is 8.99. The van der Waals surface area contributed by atoms with Gasteiger partial charge in [-0.2, -0.15) is 0 Å². The van der Waals surface area contributed by atoms with Crippen LogP contribution < -0.4 is 5.32 Å². The lowest BCUT2D eigenvalue weighted by Gasteiger charge is -2.11. The minimum absolute atomic E-state index is 0.0672. The van der Waals surface area contributed by atoms with Crippen molar-refractivity contribution in [1.82, 2.24) is 0 Å². The van der Waals surface area contributed by atoms with E-state index in [2.05, 4.69) is 21.2 Å². The number of carbonyl (C=O) groups excluding carboxylic acids is 1. The normalized spacial score (nSPS) is 10.3. The van der Waals surface area contributed by atoms with Crippen molar-refractivity contribution < 1.29 is 4.79 Å². The fraction of sp³-hybridized carbons (Fsp3) is 0.188. The molecule has 1 amide bonds. The Balaban J connectivity index is 2.31. The molecule has 1 N–H and O–H groups in total. The van der Waals surface area contributed by atoms with Crippen molar-refractivity contribution in [1.29, 1.82) is 0 Å². The summed E-state index contributed by atoms with van der Waals surface area (Å²) in [7, 11) is 0. The van der Waals surface area contributed by atoms with Crippen LogP contribution in [0.3, 0.4) is 0 Å². The number of aryl methyl sites for hydroxylation is 2. The fourth-order valence-electron chi connectivity index (χ4n) is 1.92. The summed E-state index contributed by atoms with van der Waals surface area (Å²) in [6.07, 6.45) is 0. The van der Waals surface area contributed by atoms with Gasteiger partial charge in [0.25, 0.3) is 5.91 Å². The van der Waals surface area contributed by atoms with Crippen LogP contribution in [0.25, 0.3) is 0 Å². The molecule has 0 aliphatic rings. The lowest BCUT2D eigenvalue weighted by atomic mass is 10.0. The Morgan fingerprint density at radius 1 is 1.05 bits per heavy atom. The van der Waals surface area contributed by atoms with Crippen LogP contribution in [0.5, 0.6) is 0 Å². The number of rotatable bonds is 2. The molecule has 0 radical (unpaired) electrons. The average molecular weight is 318 g/mol. The van der Waals surface area contributed by atoms with Crippen molar-refractivity contribution in [3.8, 4) is 0 Å². The Morgan fingerprint density at radius 3 is 2.53 bits per heavy atom. The van der Waals surface area contributed by atoms with E-state index in [1.54, 1.807) is 0 Å². The maximum atomic E-state index is 12.3. The summed E-state index contributed by atoms with van der Waals surface area (Å²) in [5.74, 6) is -0.0672. The monoisotopic (exact) mass is 317 g/mol. The summed E-state index contributed by atoms with van der Waals surface area (Å²) in [5, 5.41) is 2.97. The molecule has 0 saturated carbocycles. The molecular formula is C16H16BrNO. The van der Waals surface area contributed by atoms with Crippen molar-refractivity contribution in [2.75, 3.05) is 5.32 Å². The first-order valence-corrected chi connectivity index (χ1v) is 6.92. The molecule has 0 aromatic heterocycles. The van der Waals surface area contributed by atoms with Gasteiger partial charge in [-0.05, 0) is 55.7 Å². The van der Waals surface area contributed by atoms with E-state index in [4.69, 9.17) is 0 Å². The predicted octanol–water partition coefficient (Wildman–Crippen LogP) is 4.63. The highest BCUT2D eigenvalue weighted by Gasteiger charge is 2.11. The van der Waals surface area contributed by atoms with Gasteiger partial charge in [0.05, 0.1) is 0 Å². The molecule has 0 spiro atoms. The smallest absolute Gasteiger partial charge is 0.255 e. The zero-order chi connectivity index (χ0) is 14.0. The molecule has 0 aliphatic heterocycles. The third kappa shape index (κ3) is 3.04. The van der Waals surface area contributed by atoms with E-state index in [-0.39, 0.29) is 5.91 Å². The van der Waals surface area contributed by atoms with Gasteiger partial charge >= 0.3 is 0 Å². The van der Waals surface area contributed by atoms with Gasteiger partial charge in [-0.25, -0.2) is 0 Å². The average Bonchev–Trinajstić information content (AvgIpc) is 2.37. The predicted molar refractivity (Wildman–Crippen MR) is 82.7 cm³/mol. The highest BCUT2D eigenvalue weighted by atomic mass is 79.9. The third-order valence-electron chi connectivity index (χ3n) is 3.30. The molecule has 0 atom stereocenters. The second-order valence-electron chi connectivity index (χ2n) is 4.66. The minimum atomic E-state index is -0.0672. The Labute approximate surface area is 122 Å².